The van der Waals surface area contributed by atoms with Gasteiger partial charge in [0.15, 0.2) is 0 Å². The van der Waals surface area contributed by atoms with Gasteiger partial charge in [-0.3, -0.25) is 0 Å². The summed E-state index contributed by atoms with van der Waals surface area (Å²) >= 11 is 0. The topological polar surface area (TPSA) is 34.2 Å². The number of pyridine rings is 1. The molecule has 0 aliphatic rings. The van der Waals surface area contributed by atoms with E-state index in [0.717, 1.165) is 28.9 Å². The largest absolute Gasteiger partial charge is 0.494 e. The molecule has 0 saturated heterocycles. The van der Waals surface area contributed by atoms with Gasteiger partial charge >= 0.3 is 0 Å². The number of rotatable bonds is 4. The minimum absolute atomic E-state index is 0.442. The van der Waals surface area contributed by atoms with Gasteiger partial charge in [0.25, 0.3) is 0 Å². The Morgan fingerprint density at radius 1 is 1.32 bits per heavy atom. The minimum Gasteiger partial charge on any atom is -0.494 e. The number of hydrogen-bond donors (Lipinski definition) is 1. The van der Waals surface area contributed by atoms with E-state index in [1.807, 2.05) is 12.1 Å². The van der Waals surface area contributed by atoms with E-state index in [9.17, 15) is 0 Å². The second-order valence-electron chi connectivity index (χ2n) is 5.03. The summed E-state index contributed by atoms with van der Waals surface area (Å²) in [6, 6.07) is 6.08. The van der Waals surface area contributed by atoms with E-state index in [2.05, 4.69) is 39.1 Å². The van der Waals surface area contributed by atoms with E-state index >= 15 is 0 Å². The summed E-state index contributed by atoms with van der Waals surface area (Å²) in [5.41, 5.74) is 4.49. The summed E-state index contributed by atoms with van der Waals surface area (Å²) in [7, 11) is 1.69. The van der Waals surface area contributed by atoms with Gasteiger partial charge < -0.3 is 10.1 Å². The van der Waals surface area contributed by atoms with Gasteiger partial charge in [-0.05, 0) is 31.4 Å². The molecule has 1 aromatic carbocycles. The summed E-state index contributed by atoms with van der Waals surface area (Å²) in [4.78, 5) is 4.75. The van der Waals surface area contributed by atoms with Crippen LogP contribution in [0.15, 0.2) is 18.2 Å². The van der Waals surface area contributed by atoms with Crippen LogP contribution in [0.4, 0.5) is 5.69 Å². The van der Waals surface area contributed by atoms with Crippen LogP contribution < -0.4 is 10.1 Å². The Morgan fingerprint density at radius 3 is 2.63 bits per heavy atom. The predicted octanol–water partition coefficient (Wildman–Crippen LogP) is 4.11. The number of ether oxygens (including phenoxy) is 1. The molecular formula is C16H22N2O. The molecular weight excluding hydrogens is 236 g/mol. The van der Waals surface area contributed by atoms with Crippen LogP contribution in [0.3, 0.4) is 0 Å². The average molecular weight is 258 g/mol. The maximum absolute atomic E-state index is 5.43. The molecule has 2 rings (SSSR count). The van der Waals surface area contributed by atoms with Gasteiger partial charge in [0.2, 0.25) is 0 Å². The number of anilines is 1. The van der Waals surface area contributed by atoms with Gasteiger partial charge in [0, 0.05) is 23.3 Å². The van der Waals surface area contributed by atoms with E-state index in [0.29, 0.717) is 5.92 Å². The summed E-state index contributed by atoms with van der Waals surface area (Å²) in [6.45, 7) is 9.50. The highest BCUT2D eigenvalue weighted by atomic mass is 16.5. The van der Waals surface area contributed by atoms with E-state index in [-0.39, 0.29) is 0 Å². The van der Waals surface area contributed by atoms with E-state index in [4.69, 9.17) is 9.72 Å². The average Bonchev–Trinajstić information content (AvgIpc) is 2.37. The third kappa shape index (κ3) is 2.37. The van der Waals surface area contributed by atoms with Crippen LogP contribution in [0.1, 0.15) is 37.9 Å². The summed E-state index contributed by atoms with van der Waals surface area (Å²) in [5.74, 6) is 1.27. The van der Waals surface area contributed by atoms with E-state index in [1.54, 1.807) is 7.11 Å². The van der Waals surface area contributed by atoms with Gasteiger partial charge in [-0.1, -0.05) is 26.0 Å². The molecule has 3 nitrogen and oxygen atoms in total. The molecule has 0 unspecified atom stereocenters. The lowest BCUT2D eigenvalue weighted by molar-refractivity contribution is 0.419. The van der Waals surface area contributed by atoms with Crippen molar-refractivity contribution in [1.29, 1.82) is 0 Å². The summed E-state index contributed by atoms with van der Waals surface area (Å²) in [6.07, 6.45) is 0. The van der Waals surface area contributed by atoms with Crippen molar-refractivity contribution >= 4 is 16.6 Å². The number of nitrogens with zero attached hydrogens (tertiary/aromatic N) is 1. The first kappa shape index (κ1) is 13.7. The summed E-state index contributed by atoms with van der Waals surface area (Å²) < 4.78 is 5.43. The number of methoxy groups -OCH3 is 1. The Bertz CT molecular complexity index is 591. The molecule has 0 spiro atoms. The highest BCUT2D eigenvalue weighted by molar-refractivity contribution is 5.97. The molecule has 0 radical (unpaired) electrons. The molecule has 3 heteroatoms. The second-order valence-corrected chi connectivity index (χ2v) is 5.03. The zero-order chi connectivity index (χ0) is 14.0. The van der Waals surface area contributed by atoms with Crippen molar-refractivity contribution in [1.82, 2.24) is 4.98 Å². The molecule has 0 aliphatic carbocycles. The Labute approximate surface area is 115 Å². The molecule has 0 atom stereocenters. The predicted molar refractivity (Wildman–Crippen MR) is 81.3 cm³/mol. The van der Waals surface area contributed by atoms with E-state index in [1.165, 1.54) is 11.3 Å². The lowest BCUT2D eigenvalue weighted by atomic mass is 9.96. The van der Waals surface area contributed by atoms with Crippen LogP contribution in [0.2, 0.25) is 0 Å². The number of aromatic nitrogens is 1. The third-order valence-electron chi connectivity index (χ3n) is 3.36. The molecule has 0 fully saturated rings. The fourth-order valence-corrected chi connectivity index (χ4v) is 2.63. The maximum Gasteiger partial charge on any atom is 0.145 e. The van der Waals surface area contributed by atoms with Crippen LogP contribution in [0, 0.1) is 6.92 Å². The van der Waals surface area contributed by atoms with Gasteiger partial charge in [-0.15, -0.1) is 0 Å². The molecule has 19 heavy (non-hydrogen) atoms. The van der Waals surface area contributed by atoms with Crippen molar-refractivity contribution in [2.75, 3.05) is 19.0 Å². The van der Waals surface area contributed by atoms with Gasteiger partial charge in [0.1, 0.15) is 11.3 Å². The molecule has 0 aliphatic heterocycles. The number of nitrogens with one attached hydrogen (secondary N) is 1. The quantitative estimate of drug-likeness (QED) is 0.896. The molecule has 1 heterocycles. The molecule has 1 N–H and O–H groups in total. The first-order valence-corrected chi connectivity index (χ1v) is 6.81. The van der Waals surface area contributed by atoms with Gasteiger partial charge in [-0.25, -0.2) is 4.98 Å². The molecule has 2 aromatic rings. The molecule has 0 saturated carbocycles. The highest BCUT2D eigenvalue weighted by Gasteiger charge is 2.16. The fourth-order valence-electron chi connectivity index (χ4n) is 2.63. The fraction of sp³-hybridized carbons (Fsp3) is 0.438. The standard InChI is InChI=1S/C16H22N2O/c1-6-17-16-12-8-7-9-13(19-5)15(12)18-11(4)14(16)10(2)3/h7-10H,6H2,1-5H3,(H,17,18). The van der Waals surface area contributed by atoms with Crippen molar-refractivity contribution in [2.24, 2.45) is 0 Å². The number of fused-ring (bicyclic) bond motifs is 1. The van der Waals surface area contributed by atoms with Crippen LogP contribution in [-0.4, -0.2) is 18.6 Å². The van der Waals surface area contributed by atoms with Crippen molar-refractivity contribution < 1.29 is 4.74 Å². The van der Waals surface area contributed by atoms with Crippen LogP contribution >= 0.6 is 0 Å². The van der Waals surface area contributed by atoms with Crippen LogP contribution in [0.5, 0.6) is 5.75 Å². The third-order valence-corrected chi connectivity index (χ3v) is 3.36. The lowest BCUT2D eigenvalue weighted by Crippen LogP contribution is -2.07. The van der Waals surface area contributed by atoms with E-state index < -0.39 is 0 Å². The number of benzene rings is 1. The zero-order valence-electron chi connectivity index (χ0n) is 12.4. The molecule has 0 amide bonds. The number of aryl methyl sites for hydroxylation is 1. The lowest BCUT2D eigenvalue weighted by Gasteiger charge is -2.19. The normalized spacial score (nSPS) is 11.1. The first-order chi connectivity index (χ1) is 9.10. The van der Waals surface area contributed by atoms with Crippen molar-refractivity contribution in [3.63, 3.8) is 0 Å². The zero-order valence-corrected chi connectivity index (χ0v) is 12.4. The van der Waals surface area contributed by atoms with Gasteiger partial charge in [-0.2, -0.15) is 0 Å². The monoisotopic (exact) mass is 258 g/mol. The van der Waals surface area contributed by atoms with Gasteiger partial charge in [0.05, 0.1) is 7.11 Å². The van der Waals surface area contributed by atoms with Crippen molar-refractivity contribution in [2.45, 2.75) is 33.6 Å². The Hall–Kier alpha value is -1.77. The highest BCUT2D eigenvalue weighted by Crippen LogP contribution is 2.36. The Balaban J connectivity index is 2.84. The Morgan fingerprint density at radius 2 is 2.05 bits per heavy atom. The van der Waals surface area contributed by atoms with Crippen molar-refractivity contribution in [3.8, 4) is 5.75 Å². The first-order valence-electron chi connectivity index (χ1n) is 6.81. The minimum atomic E-state index is 0.442. The second kappa shape index (κ2) is 5.47. The van der Waals surface area contributed by atoms with Crippen LogP contribution in [0.25, 0.3) is 10.9 Å². The maximum atomic E-state index is 5.43. The molecule has 1 aromatic heterocycles. The number of para-hydroxylation sites is 1. The SMILES string of the molecule is CCNc1c(C(C)C)c(C)nc2c(OC)cccc12. The molecule has 0 bridgehead atoms. The van der Waals surface area contributed by atoms with Crippen molar-refractivity contribution in [3.05, 3.63) is 29.5 Å². The molecule has 102 valence electrons. The summed E-state index contributed by atoms with van der Waals surface area (Å²) in [5, 5.41) is 4.63. The number of hydrogen-bond acceptors (Lipinski definition) is 3. The smallest absolute Gasteiger partial charge is 0.145 e. The Kier molecular flexibility index (Phi) is 3.93. The van der Waals surface area contributed by atoms with Crippen LogP contribution in [-0.2, 0) is 0 Å².